The van der Waals surface area contributed by atoms with Crippen molar-refractivity contribution in [2.24, 2.45) is 11.1 Å². The maximum absolute atomic E-state index is 11.2. The Morgan fingerprint density at radius 2 is 1.33 bits per heavy atom. The van der Waals surface area contributed by atoms with Crippen LogP contribution in [0.3, 0.4) is 0 Å². The first kappa shape index (κ1) is 17.5. The van der Waals surface area contributed by atoms with Gasteiger partial charge in [0.2, 0.25) is 5.91 Å². The Kier molecular flexibility index (Phi) is 10.1. The lowest BCUT2D eigenvalue weighted by atomic mass is 9.77. The molecule has 2 nitrogen and oxygen atoms in total. The molecule has 18 heavy (non-hydrogen) atoms. The number of hydrogen-bond donors (Lipinski definition) is 1. The van der Waals surface area contributed by atoms with Gasteiger partial charge in [0.25, 0.3) is 0 Å². The van der Waals surface area contributed by atoms with E-state index in [9.17, 15) is 4.79 Å². The molecule has 0 fully saturated rings. The quantitative estimate of drug-likeness (QED) is 0.500. The first-order valence-corrected chi connectivity index (χ1v) is 7.82. The minimum atomic E-state index is -0.136. The zero-order valence-corrected chi connectivity index (χ0v) is 12.8. The maximum Gasteiger partial charge on any atom is 0.217 e. The number of carbonyl (C=O) groups excluding carboxylic acids is 1. The van der Waals surface area contributed by atoms with Crippen molar-refractivity contribution in [2.45, 2.75) is 91.4 Å². The molecule has 2 heteroatoms. The number of nitrogens with two attached hydrogens (primary N) is 1. The topological polar surface area (TPSA) is 43.1 Å². The van der Waals surface area contributed by atoms with Crippen molar-refractivity contribution < 1.29 is 4.79 Å². The minimum absolute atomic E-state index is 0.136. The molecule has 0 saturated carbocycles. The molecule has 0 unspecified atom stereocenters. The molecule has 2 N–H and O–H groups in total. The summed E-state index contributed by atoms with van der Waals surface area (Å²) in [5, 5.41) is 0. The molecule has 0 radical (unpaired) electrons. The molecular weight excluding hydrogens is 222 g/mol. The molecular formula is C16H33NO. The van der Waals surface area contributed by atoms with Crippen LogP contribution in [0.4, 0.5) is 0 Å². The first-order chi connectivity index (χ1) is 8.54. The van der Waals surface area contributed by atoms with Crippen LogP contribution in [0, 0.1) is 5.41 Å². The molecule has 0 bridgehead atoms. The van der Waals surface area contributed by atoms with Gasteiger partial charge in [-0.2, -0.15) is 0 Å². The molecule has 0 rings (SSSR count). The van der Waals surface area contributed by atoms with Gasteiger partial charge in [0.05, 0.1) is 0 Å². The highest BCUT2D eigenvalue weighted by Gasteiger charge is 2.25. The number of amides is 1. The van der Waals surface area contributed by atoms with E-state index >= 15 is 0 Å². The summed E-state index contributed by atoms with van der Waals surface area (Å²) in [6.07, 6.45) is 13.1. The highest BCUT2D eigenvalue weighted by molar-refractivity contribution is 5.74. The number of primary amides is 1. The lowest BCUT2D eigenvalue weighted by Crippen LogP contribution is -2.25. The fraction of sp³-hybridized carbons (Fsp3) is 0.938. The van der Waals surface area contributed by atoms with Gasteiger partial charge in [0, 0.05) is 6.42 Å². The summed E-state index contributed by atoms with van der Waals surface area (Å²) >= 11 is 0. The van der Waals surface area contributed by atoms with Gasteiger partial charge in [-0.3, -0.25) is 4.79 Å². The van der Waals surface area contributed by atoms with E-state index < -0.39 is 0 Å². The van der Waals surface area contributed by atoms with Crippen molar-refractivity contribution in [1.29, 1.82) is 0 Å². The number of rotatable bonds is 12. The summed E-state index contributed by atoms with van der Waals surface area (Å²) in [6, 6.07) is 0. The number of carbonyl (C=O) groups is 1. The van der Waals surface area contributed by atoms with Crippen molar-refractivity contribution in [3.05, 3.63) is 0 Å². The third-order valence-corrected chi connectivity index (χ3v) is 3.87. The van der Waals surface area contributed by atoms with Crippen LogP contribution in [0.15, 0.2) is 0 Å². The Bertz CT molecular complexity index is 201. The lowest BCUT2D eigenvalue weighted by Gasteiger charge is -2.28. The predicted octanol–water partition coefficient (Wildman–Crippen LogP) is 4.81. The van der Waals surface area contributed by atoms with Crippen LogP contribution in [0.1, 0.15) is 91.4 Å². The van der Waals surface area contributed by atoms with E-state index in [0.29, 0.717) is 6.42 Å². The predicted molar refractivity (Wildman–Crippen MR) is 79.4 cm³/mol. The summed E-state index contributed by atoms with van der Waals surface area (Å²) in [5.74, 6) is -0.136. The molecule has 108 valence electrons. The first-order valence-electron chi connectivity index (χ1n) is 7.82. The minimum Gasteiger partial charge on any atom is -0.370 e. The Balaban J connectivity index is 4.03. The molecule has 1 amide bonds. The zero-order chi connectivity index (χ0) is 13.9. The average molecular weight is 255 g/mol. The third kappa shape index (κ3) is 9.49. The van der Waals surface area contributed by atoms with Crippen LogP contribution < -0.4 is 5.73 Å². The summed E-state index contributed by atoms with van der Waals surface area (Å²) in [7, 11) is 0. The van der Waals surface area contributed by atoms with Crippen molar-refractivity contribution in [3.8, 4) is 0 Å². The highest BCUT2D eigenvalue weighted by Crippen LogP contribution is 2.34. The largest absolute Gasteiger partial charge is 0.370 e. The summed E-state index contributed by atoms with van der Waals surface area (Å²) in [6.45, 7) is 6.70. The van der Waals surface area contributed by atoms with Crippen LogP contribution in [0.5, 0.6) is 0 Å². The summed E-state index contributed by atoms with van der Waals surface area (Å²) in [4.78, 5) is 11.2. The van der Waals surface area contributed by atoms with Crippen molar-refractivity contribution >= 4 is 5.91 Å². The van der Waals surface area contributed by atoms with Crippen LogP contribution in [0.25, 0.3) is 0 Å². The normalized spacial score (nSPS) is 11.7. The van der Waals surface area contributed by atoms with Gasteiger partial charge >= 0.3 is 0 Å². The zero-order valence-electron chi connectivity index (χ0n) is 12.8. The van der Waals surface area contributed by atoms with E-state index in [2.05, 4.69) is 20.8 Å². The molecule has 0 aromatic carbocycles. The van der Waals surface area contributed by atoms with Crippen molar-refractivity contribution in [2.75, 3.05) is 0 Å². The molecule has 0 aromatic heterocycles. The van der Waals surface area contributed by atoms with Gasteiger partial charge in [-0.05, 0) is 18.3 Å². The van der Waals surface area contributed by atoms with Crippen LogP contribution in [0.2, 0.25) is 0 Å². The number of unbranched alkanes of at least 4 members (excludes halogenated alkanes) is 6. The summed E-state index contributed by atoms with van der Waals surface area (Å²) < 4.78 is 0. The molecule has 0 spiro atoms. The second-order valence-corrected chi connectivity index (χ2v) is 6.08. The third-order valence-electron chi connectivity index (χ3n) is 3.87. The molecule has 0 aromatic rings. The second kappa shape index (κ2) is 10.4. The van der Waals surface area contributed by atoms with Gasteiger partial charge in [-0.1, -0.05) is 72.1 Å². The van der Waals surface area contributed by atoms with Crippen molar-refractivity contribution in [3.63, 3.8) is 0 Å². The van der Waals surface area contributed by atoms with E-state index in [-0.39, 0.29) is 11.3 Å². The molecule has 0 aliphatic heterocycles. The fourth-order valence-corrected chi connectivity index (χ4v) is 2.68. The SMILES string of the molecule is CCCCCCC(C)(CCCCCC)CC(N)=O. The average Bonchev–Trinajstić information content (AvgIpc) is 2.30. The van der Waals surface area contributed by atoms with Crippen LogP contribution in [-0.2, 0) is 4.79 Å². The van der Waals surface area contributed by atoms with Crippen LogP contribution in [-0.4, -0.2) is 5.91 Å². The van der Waals surface area contributed by atoms with E-state index in [1.165, 1.54) is 51.4 Å². The van der Waals surface area contributed by atoms with Gasteiger partial charge in [0.1, 0.15) is 0 Å². The Morgan fingerprint density at radius 3 is 1.67 bits per heavy atom. The monoisotopic (exact) mass is 255 g/mol. The molecule has 0 aliphatic rings. The summed E-state index contributed by atoms with van der Waals surface area (Å²) in [5.41, 5.74) is 5.55. The molecule has 0 aliphatic carbocycles. The number of hydrogen-bond acceptors (Lipinski definition) is 1. The smallest absolute Gasteiger partial charge is 0.217 e. The fourth-order valence-electron chi connectivity index (χ4n) is 2.68. The standard InChI is InChI=1S/C16H33NO/c1-4-6-8-10-12-16(3,14-15(17)18)13-11-9-7-5-2/h4-14H2,1-3H3,(H2,17,18). The van der Waals surface area contributed by atoms with E-state index in [4.69, 9.17) is 5.73 Å². The van der Waals surface area contributed by atoms with E-state index in [0.717, 1.165) is 12.8 Å². The van der Waals surface area contributed by atoms with Gasteiger partial charge in [-0.15, -0.1) is 0 Å². The van der Waals surface area contributed by atoms with Gasteiger partial charge < -0.3 is 5.73 Å². The van der Waals surface area contributed by atoms with Gasteiger partial charge in [-0.25, -0.2) is 0 Å². The van der Waals surface area contributed by atoms with Crippen molar-refractivity contribution in [1.82, 2.24) is 0 Å². The molecule has 0 saturated heterocycles. The van der Waals surface area contributed by atoms with E-state index in [1.807, 2.05) is 0 Å². The second-order valence-electron chi connectivity index (χ2n) is 6.08. The molecule has 0 heterocycles. The molecule has 0 atom stereocenters. The Labute approximate surface area is 114 Å². The van der Waals surface area contributed by atoms with Crippen LogP contribution >= 0.6 is 0 Å². The maximum atomic E-state index is 11.2. The Morgan fingerprint density at radius 1 is 0.889 bits per heavy atom. The van der Waals surface area contributed by atoms with Gasteiger partial charge in [0.15, 0.2) is 0 Å². The van der Waals surface area contributed by atoms with E-state index in [1.54, 1.807) is 0 Å². The highest BCUT2D eigenvalue weighted by atomic mass is 16.1. The Hall–Kier alpha value is -0.530. The lowest BCUT2D eigenvalue weighted by molar-refractivity contribution is -0.120.